The molecule has 2 amide bonds. The van der Waals surface area contributed by atoms with E-state index in [-0.39, 0.29) is 17.9 Å². The minimum Gasteiger partial charge on any atom is -0.352 e. The lowest BCUT2D eigenvalue weighted by atomic mass is 10.0. The number of benzene rings is 1. The molecule has 0 spiro atoms. The highest BCUT2D eigenvalue weighted by Gasteiger charge is 2.25. The van der Waals surface area contributed by atoms with Crippen molar-refractivity contribution >= 4 is 23.4 Å². The van der Waals surface area contributed by atoms with Gasteiger partial charge >= 0.3 is 0 Å². The van der Waals surface area contributed by atoms with Gasteiger partial charge in [-0.25, -0.2) is 0 Å². The number of likely N-dealkylation sites (tertiary alicyclic amines) is 1. The van der Waals surface area contributed by atoms with E-state index in [1.807, 2.05) is 58.3 Å². The fourth-order valence-electron chi connectivity index (χ4n) is 3.01. The predicted molar refractivity (Wildman–Crippen MR) is 98.2 cm³/mol. The fourth-order valence-corrected chi connectivity index (χ4v) is 3.07. The molecule has 2 aromatic rings. The lowest BCUT2D eigenvalue weighted by molar-refractivity contribution is -0.121. The zero-order chi connectivity index (χ0) is 17.8. The first-order chi connectivity index (χ1) is 12.0. The second-order valence-corrected chi connectivity index (χ2v) is 6.98. The Hall–Kier alpha value is -2.27. The Kier molecular flexibility index (Phi) is 5.43. The molecular weight excluding hydrogens is 338 g/mol. The van der Waals surface area contributed by atoms with Crippen molar-refractivity contribution in [3.05, 3.63) is 54.4 Å². The predicted octanol–water partition coefficient (Wildman–Crippen LogP) is 2.83. The van der Waals surface area contributed by atoms with Crippen LogP contribution < -0.4 is 5.32 Å². The van der Waals surface area contributed by atoms with E-state index in [4.69, 9.17) is 11.6 Å². The molecule has 5 nitrogen and oxygen atoms in total. The van der Waals surface area contributed by atoms with Crippen LogP contribution in [0.3, 0.4) is 0 Å². The summed E-state index contributed by atoms with van der Waals surface area (Å²) in [5.74, 6) is -0.110. The maximum atomic E-state index is 12.6. The number of amides is 2. The van der Waals surface area contributed by atoms with Crippen molar-refractivity contribution in [3.63, 3.8) is 0 Å². The molecule has 1 aliphatic heterocycles. The second-order valence-electron chi connectivity index (χ2n) is 6.33. The summed E-state index contributed by atoms with van der Waals surface area (Å²) in [6.45, 7) is 2.94. The maximum Gasteiger partial charge on any atom is 0.253 e. The molecule has 1 aromatic carbocycles. The molecule has 132 valence electrons. The van der Waals surface area contributed by atoms with Gasteiger partial charge in [-0.15, -0.1) is 11.6 Å². The molecule has 1 aromatic heterocycles. The Balaban J connectivity index is 1.56. The molecule has 1 N–H and O–H groups in total. The van der Waals surface area contributed by atoms with Crippen molar-refractivity contribution < 1.29 is 9.59 Å². The fraction of sp³-hybridized carbons (Fsp3) is 0.368. The number of aromatic nitrogens is 1. The van der Waals surface area contributed by atoms with Crippen LogP contribution in [0.4, 0.5) is 0 Å². The molecule has 1 fully saturated rings. The van der Waals surface area contributed by atoms with Crippen LogP contribution in [0.5, 0.6) is 0 Å². The molecule has 3 rings (SSSR count). The molecule has 0 radical (unpaired) electrons. The molecule has 0 aliphatic carbocycles. The highest BCUT2D eigenvalue weighted by Crippen LogP contribution is 2.16. The van der Waals surface area contributed by atoms with Gasteiger partial charge in [0.05, 0.1) is 0 Å². The monoisotopic (exact) mass is 359 g/mol. The average Bonchev–Trinajstić information content (AvgIpc) is 3.16. The molecule has 1 saturated heterocycles. The smallest absolute Gasteiger partial charge is 0.253 e. The van der Waals surface area contributed by atoms with Crippen LogP contribution in [-0.4, -0.2) is 45.8 Å². The van der Waals surface area contributed by atoms with Gasteiger partial charge in [0.2, 0.25) is 5.91 Å². The van der Waals surface area contributed by atoms with Crippen LogP contribution in [0, 0.1) is 0 Å². The van der Waals surface area contributed by atoms with Gasteiger partial charge in [0.1, 0.15) is 5.38 Å². The summed E-state index contributed by atoms with van der Waals surface area (Å²) in [4.78, 5) is 26.1. The van der Waals surface area contributed by atoms with E-state index >= 15 is 0 Å². The molecule has 25 heavy (non-hydrogen) atoms. The number of alkyl halides is 1. The minimum atomic E-state index is -0.529. The van der Waals surface area contributed by atoms with Gasteiger partial charge in [-0.1, -0.05) is 0 Å². The normalized spacial score (nSPS) is 16.5. The van der Waals surface area contributed by atoms with Gasteiger partial charge in [-0.3, -0.25) is 9.59 Å². The van der Waals surface area contributed by atoms with E-state index in [9.17, 15) is 9.59 Å². The van der Waals surface area contributed by atoms with Gasteiger partial charge in [-0.05, 0) is 56.2 Å². The number of hydrogen-bond donors (Lipinski definition) is 1. The summed E-state index contributed by atoms with van der Waals surface area (Å²) < 4.78 is 2.00. The molecule has 2 heterocycles. The van der Waals surface area contributed by atoms with Crippen molar-refractivity contribution in [1.29, 1.82) is 0 Å². The Morgan fingerprint density at radius 3 is 2.28 bits per heavy atom. The molecule has 0 saturated carbocycles. The van der Waals surface area contributed by atoms with Crippen molar-refractivity contribution in [2.45, 2.75) is 31.2 Å². The summed E-state index contributed by atoms with van der Waals surface area (Å²) in [6, 6.07) is 11.6. The van der Waals surface area contributed by atoms with Crippen LogP contribution >= 0.6 is 11.6 Å². The van der Waals surface area contributed by atoms with Crippen LogP contribution in [0.15, 0.2) is 48.8 Å². The van der Waals surface area contributed by atoms with Crippen LogP contribution in [0.25, 0.3) is 5.69 Å². The first-order valence-corrected chi connectivity index (χ1v) is 8.95. The van der Waals surface area contributed by atoms with Gasteiger partial charge in [-0.2, -0.15) is 0 Å². The van der Waals surface area contributed by atoms with Crippen molar-refractivity contribution in [1.82, 2.24) is 14.8 Å². The van der Waals surface area contributed by atoms with Crippen LogP contribution in [0.1, 0.15) is 30.1 Å². The number of hydrogen-bond acceptors (Lipinski definition) is 2. The number of rotatable bonds is 4. The summed E-state index contributed by atoms with van der Waals surface area (Å²) in [6.07, 6.45) is 5.44. The van der Waals surface area contributed by atoms with Crippen molar-refractivity contribution in [2.75, 3.05) is 13.1 Å². The summed E-state index contributed by atoms with van der Waals surface area (Å²) >= 11 is 5.78. The number of nitrogens with one attached hydrogen (secondary N) is 1. The van der Waals surface area contributed by atoms with Crippen LogP contribution in [-0.2, 0) is 4.79 Å². The van der Waals surface area contributed by atoms with E-state index in [0.29, 0.717) is 18.7 Å². The largest absolute Gasteiger partial charge is 0.352 e. The number of halogens is 1. The quantitative estimate of drug-likeness (QED) is 0.853. The minimum absolute atomic E-state index is 0.0366. The topological polar surface area (TPSA) is 54.3 Å². The van der Waals surface area contributed by atoms with Gasteiger partial charge in [0, 0.05) is 42.8 Å². The standard InChI is InChI=1S/C19H22ClN3O2/c1-14(20)18(24)21-16-8-12-23(13-9-16)19(25)15-4-6-17(7-5-15)22-10-2-3-11-22/h2-7,10-11,14,16H,8-9,12-13H2,1H3,(H,21,24). The average molecular weight is 360 g/mol. The highest BCUT2D eigenvalue weighted by molar-refractivity contribution is 6.30. The number of carbonyl (C=O) groups excluding carboxylic acids is 2. The SMILES string of the molecule is CC(Cl)C(=O)NC1CCN(C(=O)c2ccc(-n3cccc3)cc2)CC1. The lowest BCUT2D eigenvalue weighted by Crippen LogP contribution is -2.47. The van der Waals surface area contributed by atoms with Crippen molar-refractivity contribution in [3.8, 4) is 5.69 Å². The lowest BCUT2D eigenvalue weighted by Gasteiger charge is -2.32. The Morgan fingerprint density at radius 1 is 1.12 bits per heavy atom. The third-order valence-electron chi connectivity index (χ3n) is 4.51. The zero-order valence-electron chi connectivity index (χ0n) is 14.2. The van der Waals surface area contributed by atoms with Gasteiger partial charge in [0.15, 0.2) is 0 Å². The van der Waals surface area contributed by atoms with Crippen molar-refractivity contribution in [2.24, 2.45) is 0 Å². The Labute approximate surface area is 152 Å². The molecule has 1 atom stereocenters. The van der Waals surface area contributed by atoms with Gasteiger partial charge in [0.25, 0.3) is 5.91 Å². The second kappa shape index (κ2) is 7.74. The summed E-state index contributed by atoms with van der Waals surface area (Å²) in [5, 5.41) is 2.40. The zero-order valence-corrected chi connectivity index (χ0v) is 14.9. The third-order valence-corrected chi connectivity index (χ3v) is 4.70. The Morgan fingerprint density at radius 2 is 1.72 bits per heavy atom. The number of piperidine rings is 1. The first-order valence-electron chi connectivity index (χ1n) is 8.52. The molecular formula is C19H22ClN3O2. The maximum absolute atomic E-state index is 12.6. The Bertz CT molecular complexity index is 718. The van der Waals surface area contributed by atoms with Gasteiger partial charge < -0.3 is 14.8 Å². The van der Waals surface area contributed by atoms with E-state index < -0.39 is 5.38 Å². The van der Waals surface area contributed by atoms with E-state index in [2.05, 4.69) is 5.32 Å². The van der Waals surface area contributed by atoms with E-state index in [1.54, 1.807) is 6.92 Å². The highest BCUT2D eigenvalue weighted by atomic mass is 35.5. The summed E-state index contributed by atoms with van der Waals surface area (Å²) in [7, 11) is 0. The summed E-state index contributed by atoms with van der Waals surface area (Å²) in [5.41, 5.74) is 1.71. The van der Waals surface area contributed by atoms with Crippen LogP contribution in [0.2, 0.25) is 0 Å². The van der Waals surface area contributed by atoms with E-state index in [1.165, 1.54) is 0 Å². The molecule has 1 unspecified atom stereocenters. The van der Waals surface area contributed by atoms with E-state index in [0.717, 1.165) is 18.5 Å². The molecule has 0 bridgehead atoms. The third kappa shape index (κ3) is 4.23. The number of nitrogens with zero attached hydrogens (tertiary/aromatic N) is 2. The number of carbonyl (C=O) groups is 2. The first kappa shape index (κ1) is 17.5. The molecule has 1 aliphatic rings. The molecule has 6 heteroatoms.